The molecule has 0 spiro atoms. The van der Waals surface area contributed by atoms with Gasteiger partial charge in [-0.15, -0.1) is 0 Å². The minimum absolute atomic E-state index is 0.103. The molecule has 0 bridgehead atoms. The summed E-state index contributed by atoms with van der Waals surface area (Å²) in [5.74, 6) is -0.300. The lowest BCUT2D eigenvalue weighted by Crippen LogP contribution is -2.17. The van der Waals surface area contributed by atoms with E-state index >= 15 is 0 Å². The third-order valence-electron chi connectivity index (χ3n) is 3.07. The Morgan fingerprint density at radius 3 is 2.75 bits per heavy atom. The molecule has 1 aromatic rings. The van der Waals surface area contributed by atoms with Crippen LogP contribution in [0.1, 0.15) is 18.4 Å². The van der Waals surface area contributed by atoms with Crippen molar-refractivity contribution in [3.8, 4) is 0 Å². The van der Waals surface area contributed by atoms with Crippen molar-refractivity contribution in [1.29, 1.82) is 0 Å². The van der Waals surface area contributed by atoms with Crippen LogP contribution in [0.15, 0.2) is 42.1 Å². The van der Waals surface area contributed by atoms with Crippen LogP contribution in [0.2, 0.25) is 0 Å². The molecule has 0 aliphatic carbocycles. The number of carbonyl (C=O) groups is 1. The number of rotatable bonds is 2. The molecule has 2 rings (SSSR count). The molecule has 1 unspecified atom stereocenters. The monoisotopic (exact) mass is 217 g/mol. The molecule has 0 saturated carbocycles. The molecule has 0 aromatic heterocycles. The van der Waals surface area contributed by atoms with Crippen LogP contribution < -0.4 is 5.73 Å². The van der Waals surface area contributed by atoms with E-state index in [9.17, 15) is 4.79 Å². The van der Waals surface area contributed by atoms with Gasteiger partial charge in [-0.25, -0.2) is 0 Å². The van der Waals surface area contributed by atoms with E-state index in [4.69, 9.17) is 10.5 Å². The lowest BCUT2D eigenvalue weighted by Gasteiger charge is -2.17. The predicted molar refractivity (Wildman–Crippen MR) is 61.6 cm³/mol. The van der Waals surface area contributed by atoms with Gasteiger partial charge in [-0.3, -0.25) is 4.79 Å². The second-order valence-electron chi connectivity index (χ2n) is 4.03. The van der Waals surface area contributed by atoms with Gasteiger partial charge in [-0.2, -0.15) is 0 Å². The fraction of sp³-hybridized carbons (Fsp3) is 0.308. The minimum atomic E-state index is -0.229. The first-order valence-electron chi connectivity index (χ1n) is 5.36. The number of hydrogen-bond acceptors (Lipinski definition) is 3. The number of hydrogen-bond donors (Lipinski definition) is 1. The molecule has 1 fully saturated rings. The SMILES string of the molecule is CC(c1ccccc1)[C@H]1C(=O)OCC1=CN. The van der Waals surface area contributed by atoms with E-state index in [-0.39, 0.29) is 17.8 Å². The Balaban J connectivity index is 2.27. The molecule has 0 radical (unpaired) electrons. The van der Waals surface area contributed by atoms with Crippen molar-refractivity contribution < 1.29 is 9.53 Å². The number of carbonyl (C=O) groups excluding carboxylic acids is 1. The molecule has 84 valence electrons. The molecular weight excluding hydrogens is 202 g/mol. The molecule has 2 N–H and O–H groups in total. The summed E-state index contributed by atoms with van der Waals surface area (Å²) in [6.45, 7) is 2.35. The molecule has 1 aliphatic heterocycles. The molecule has 16 heavy (non-hydrogen) atoms. The summed E-state index contributed by atoms with van der Waals surface area (Å²) >= 11 is 0. The topological polar surface area (TPSA) is 52.3 Å². The van der Waals surface area contributed by atoms with Crippen LogP contribution in [0.25, 0.3) is 0 Å². The number of benzene rings is 1. The van der Waals surface area contributed by atoms with Gasteiger partial charge >= 0.3 is 5.97 Å². The summed E-state index contributed by atoms with van der Waals surface area (Å²) in [6.07, 6.45) is 1.50. The molecule has 1 aliphatic rings. The van der Waals surface area contributed by atoms with Gasteiger partial charge in [0.15, 0.2) is 0 Å². The number of nitrogens with two attached hydrogens (primary N) is 1. The third-order valence-corrected chi connectivity index (χ3v) is 3.07. The summed E-state index contributed by atoms with van der Waals surface area (Å²) in [5.41, 5.74) is 7.51. The van der Waals surface area contributed by atoms with Crippen molar-refractivity contribution in [2.45, 2.75) is 12.8 Å². The van der Waals surface area contributed by atoms with E-state index in [0.717, 1.165) is 11.1 Å². The van der Waals surface area contributed by atoms with E-state index in [1.807, 2.05) is 37.3 Å². The largest absolute Gasteiger partial charge is 0.461 e. The lowest BCUT2D eigenvalue weighted by molar-refractivity contribution is -0.141. The van der Waals surface area contributed by atoms with Crippen LogP contribution in [0.5, 0.6) is 0 Å². The highest BCUT2D eigenvalue weighted by Crippen LogP contribution is 2.34. The zero-order chi connectivity index (χ0) is 11.5. The molecule has 1 saturated heterocycles. The molecule has 1 aromatic carbocycles. The summed E-state index contributed by atoms with van der Waals surface area (Å²) in [4.78, 5) is 11.6. The molecular formula is C13H15NO2. The maximum absolute atomic E-state index is 11.6. The van der Waals surface area contributed by atoms with Gasteiger partial charge in [-0.1, -0.05) is 37.3 Å². The van der Waals surface area contributed by atoms with Crippen LogP contribution in [0, 0.1) is 5.92 Å². The molecule has 0 amide bonds. The van der Waals surface area contributed by atoms with E-state index in [1.165, 1.54) is 6.20 Å². The van der Waals surface area contributed by atoms with Crippen molar-refractivity contribution in [2.24, 2.45) is 11.7 Å². The van der Waals surface area contributed by atoms with Gasteiger partial charge in [-0.05, 0) is 23.3 Å². The van der Waals surface area contributed by atoms with Gasteiger partial charge in [0.2, 0.25) is 0 Å². The number of cyclic esters (lactones) is 1. The molecule has 1 heterocycles. The predicted octanol–water partition coefficient (Wildman–Crippen LogP) is 1.81. The summed E-state index contributed by atoms with van der Waals surface area (Å²) in [7, 11) is 0. The van der Waals surface area contributed by atoms with Crippen LogP contribution >= 0.6 is 0 Å². The lowest BCUT2D eigenvalue weighted by atomic mass is 9.84. The first-order chi connectivity index (χ1) is 7.74. The fourth-order valence-electron chi connectivity index (χ4n) is 2.11. The summed E-state index contributed by atoms with van der Waals surface area (Å²) < 4.78 is 5.02. The van der Waals surface area contributed by atoms with Crippen molar-refractivity contribution >= 4 is 5.97 Å². The summed E-state index contributed by atoms with van der Waals surface area (Å²) in [6, 6.07) is 9.94. The van der Waals surface area contributed by atoms with Gasteiger partial charge in [0.05, 0.1) is 5.92 Å². The van der Waals surface area contributed by atoms with Crippen molar-refractivity contribution in [2.75, 3.05) is 6.61 Å². The van der Waals surface area contributed by atoms with Gasteiger partial charge < -0.3 is 10.5 Å². The van der Waals surface area contributed by atoms with E-state index in [0.29, 0.717) is 6.61 Å². The zero-order valence-corrected chi connectivity index (χ0v) is 9.22. The third kappa shape index (κ3) is 1.81. The average molecular weight is 217 g/mol. The van der Waals surface area contributed by atoms with Crippen molar-refractivity contribution in [3.05, 3.63) is 47.7 Å². The highest BCUT2D eigenvalue weighted by molar-refractivity contribution is 5.80. The van der Waals surface area contributed by atoms with Crippen LogP contribution in [-0.2, 0) is 9.53 Å². The standard InChI is InChI=1S/C13H15NO2/c1-9(10-5-3-2-4-6-10)12-11(7-14)8-16-13(12)15/h2-7,9,12H,8,14H2,1H3/t9?,12-/m1/s1. The normalized spacial score (nSPS) is 24.4. The molecule has 2 atom stereocenters. The summed E-state index contributed by atoms with van der Waals surface area (Å²) in [5, 5.41) is 0. The Morgan fingerprint density at radius 2 is 2.12 bits per heavy atom. The van der Waals surface area contributed by atoms with Gasteiger partial charge in [0.1, 0.15) is 6.61 Å². The van der Waals surface area contributed by atoms with Crippen LogP contribution in [-0.4, -0.2) is 12.6 Å². The average Bonchev–Trinajstić information content (AvgIpc) is 2.70. The van der Waals surface area contributed by atoms with Gasteiger partial charge in [0, 0.05) is 0 Å². The van der Waals surface area contributed by atoms with Crippen LogP contribution in [0.3, 0.4) is 0 Å². The molecule has 3 heteroatoms. The Labute approximate surface area is 94.9 Å². The Morgan fingerprint density at radius 1 is 1.44 bits per heavy atom. The Kier molecular flexibility index (Phi) is 2.95. The smallest absolute Gasteiger partial charge is 0.314 e. The maximum Gasteiger partial charge on any atom is 0.314 e. The van der Waals surface area contributed by atoms with Gasteiger partial charge in [0.25, 0.3) is 0 Å². The number of ether oxygens (including phenoxy) is 1. The van der Waals surface area contributed by atoms with E-state index in [1.54, 1.807) is 0 Å². The van der Waals surface area contributed by atoms with Crippen molar-refractivity contribution in [1.82, 2.24) is 0 Å². The fourth-order valence-corrected chi connectivity index (χ4v) is 2.11. The Bertz CT molecular complexity index is 411. The highest BCUT2D eigenvalue weighted by atomic mass is 16.5. The zero-order valence-electron chi connectivity index (χ0n) is 9.22. The Hall–Kier alpha value is -1.77. The second-order valence-corrected chi connectivity index (χ2v) is 4.03. The van der Waals surface area contributed by atoms with Crippen LogP contribution in [0.4, 0.5) is 0 Å². The van der Waals surface area contributed by atoms with Crippen molar-refractivity contribution in [3.63, 3.8) is 0 Å². The maximum atomic E-state index is 11.6. The second kappa shape index (κ2) is 4.39. The quantitative estimate of drug-likeness (QED) is 0.768. The highest BCUT2D eigenvalue weighted by Gasteiger charge is 2.36. The first kappa shape index (κ1) is 10.7. The molecule has 3 nitrogen and oxygen atoms in total. The van der Waals surface area contributed by atoms with E-state index in [2.05, 4.69) is 0 Å². The van der Waals surface area contributed by atoms with E-state index < -0.39 is 0 Å². The first-order valence-corrected chi connectivity index (χ1v) is 5.36. The minimum Gasteiger partial charge on any atom is -0.461 e. The number of esters is 1.